The van der Waals surface area contributed by atoms with Gasteiger partial charge in [0.25, 0.3) is 10.0 Å². The van der Waals surface area contributed by atoms with Crippen LogP contribution < -0.4 is 5.73 Å². The zero-order valence-corrected chi connectivity index (χ0v) is 11.4. The van der Waals surface area contributed by atoms with E-state index in [0.717, 1.165) is 19.3 Å². The quantitative estimate of drug-likeness (QED) is 0.848. The molecule has 100 valence electrons. The summed E-state index contributed by atoms with van der Waals surface area (Å²) < 4.78 is 26.5. The van der Waals surface area contributed by atoms with Crippen molar-refractivity contribution in [3.8, 4) is 0 Å². The lowest BCUT2D eigenvalue weighted by Gasteiger charge is -2.21. The Morgan fingerprint density at radius 1 is 1.50 bits per heavy atom. The number of rotatable bonds is 6. The smallest absolute Gasteiger partial charge is 0.262 e. The van der Waals surface area contributed by atoms with E-state index in [4.69, 9.17) is 5.73 Å². The second-order valence-corrected chi connectivity index (χ2v) is 6.56. The van der Waals surface area contributed by atoms with Crippen LogP contribution in [0.1, 0.15) is 26.2 Å². The lowest BCUT2D eigenvalue weighted by atomic mass is 10.4. The Labute approximate surface area is 108 Å². The molecule has 0 atom stereocenters. The summed E-state index contributed by atoms with van der Waals surface area (Å²) in [7, 11) is -3.55. The first-order valence-electron chi connectivity index (χ1n) is 6.26. The topological polar surface area (TPSA) is 76.3 Å². The van der Waals surface area contributed by atoms with Crippen molar-refractivity contribution in [2.75, 3.05) is 18.8 Å². The first-order chi connectivity index (χ1) is 8.55. The molecule has 2 rings (SSSR count). The van der Waals surface area contributed by atoms with Crippen molar-refractivity contribution in [3.05, 3.63) is 18.3 Å². The standard InChI is InChI=1S/C12H19N3O2S/c1-2-8-15(9-10-5-6-10)18(16,17)12-11(13)4-3-7-14-12/h3-4,7,10H,2,5-6,8-9,13H2,1H3. The number of pyridine rings is 1. The van der Waals surface area contributed by atoms with Crippen LogP contribution in [0, 0.1) is 5.92 Å². The zero-order valence-electron chi connectivity index (χ0n) is 10.5. The van der Waals surface area contributed by atoms with Gasteiger partial charge in [-0.15, -0.1) is 0 Å². The fraction of sp³-hybridized carbons (Fsp3) is 0.583. The number of nitrogens with zero attached hydrogens (tertiary/aromatic N) is 2. The molecule has 5 nitrogen and oxygen atoms in total. The van der Waals surface area contributed by atoms with Crippen LogP contribution in [0.25, 0.3) is 0 Å². The molecule has 1 aromatic rings. The van der Waals surface area contributed by atoms with E-state index in [0.29, 0.717) is 19.0 Å². The summed E-state index contributed by atoms with van der Waals surface area (Å²) in [6.45, 7) is 3.08. The van der Waals surface area contributed by atoms with Crippen molar-refractivity contribution in [2.24, 2.45) is 5.92 Å². The molecule has 1 fully saturated rings. The number of nitrogens with two attached hydrogens (primary N) is 1. The Hall–Kier alpha value is -1.14. The predicted molar refractivity (Wildman–Crippen MR) is 70.4 cm³/mol. The summed E-state index contributed by atoms with van der Waals surface area (Å²) in [5, 5.41) is -0.0147. The van der Waals surface area contributed by atoms with Gasteiger partial charge < -0.3 is 5.73 Å². The molecule has 0 radical (unpaired) electrons. The van der Waals surface area contributed by atoms with Crippen LogP contribution in [-0.4, -0.2) is 30.8 Å². The fourth-order valence-electron chi connectivity index (χ4n) is 1.89. The molecular weight excluding hydrogens is 250 g/mol. The minimum atomic E-state index is -3.55. The molecule has 2 N–H and O–H groups in total. The second kappa shape index (κ2) is 5.24. The molecule has 0 bridgehead atoms. The van der Waals surface area contributed by atoms with Gasteiger partial charge in [-0.05, 0) is 37.3 Å². The van der Waals surface area contributed by atoms with E-state index in [1.807, 2.05) is 6.92 Å². The Bertz CT molecular complexity index is 512. The molecule has 0 spiro atoms. The molecule has 0 amide bonds. The second-order valence-electron chi connectivity index (χ2n) is 4.70. The van der Waals surface area contributed by atoms with Gasteiger partial charge in [0, 0.05) is 19.3 Å². The maximum absolute atomic E-state index is 12.5. The van der Waals surface area contributed by atoms with Gasteiger partial charge in [0.1, 0.15) is 0 Å². The maximum atomic E-state index is 12.5. The number of anilines is 1. The van der Waals surface area contributed by atoms with Gasteiger partial charge in [0.2, 0.25) is 0 Å². The van der Waals surface area contributed by atoms with Crippen LogP contribution in [0.5, 0.6) is 0 Å². The van der Waals surface area contributed by atoms with Crippen LogP contribution in [0.2, 0.25) is 0 Å². The highest BCUT2D eigenvalue weighted by Gasteiger charge is 2.32. The molecule has 6 heteroatoms. The molecule has 0 aromatic carbocycles. The maximum Gasteiger partial charge on any atom is 0.262 e. The summed E-state index contributed by atoms with van der Waals surface area (Å²) in [5.41, 5.74) is 5.94. The van der Waals surface area contributed by atoms with E-state index in [9.17, 15) is 8.42 Å². The third-order valence-electron chi connectivity index (χ3n) is 3.02. The molecule has 0 aliphatic heterocycles. The van der Waals surface area contributed by atoms with Crippen LogP contribution in [-0.2, 0) is 10.0 Å². The van der Waals surface area contributed by atoms with Crippen molar-refractivity contribution >= 4 is 15.7 Å². The largest absolute Gasteiger partial charge is 0.396 e. The van der Waals surface area contributed by atoms with Gasteiger partial charge in [-0.1, -0.05) is 6.92 Å². The van der Waals surface area contributed by atoms with Gasteiger partial charge >= 0.3 is 0 Å². The Morgan fingerprint density at radius 3 is 2.78 bits per heavy atom. The van der Waals surface area contributed by atoms with Crippen LogP contribution >= 0.6 is 0 Å². The molecule has 1 heterocycles. The van der Waals surface area contributed by atoms with E-state index in [1.165, 1.54) is 10.5 Å². The molecule has 1 aliphatic carbocycles. The molecule has 0 unspecified atom stereocenters. The average Bonchev–Trinajstić information content (AvgIpc) is 3.13. The highest BCUT2D eigenvalue weighted by Crippen LogP contribution is 2.32. The minimum Gasteiger partial charge on any atom is -0.396 e. The monoisotopic (exact) mass is 269 g/mol. The summed E-state index contributed by atoms with van der Waals surface area (Å²) in [6.07, 6.45) is 4.49. The molecule has 18 heavy (non-hydrogen) atoms. The van der Waals surface area contributed by atoms with E-state index in [2.05, 4.69) is 4.98 Å². The number of sulfonamides is 1. The number of hydrogen-bond donors (Lipinski definition) is 1. The van der Waals surface area contributed by atoms with Gasteiger partial charge in [-0.3, -0.25) is 0 Å². The first-order valence-corrected chi connectivity index (χ1v) is 7.70. The minimum absolute atomic E-state index is 0.0147. The Morgan fingerprint density at radius 2 is 2.22 bits per heavy atom. The summed E-state index contributed by atoms with van der Waals surface area (Å²) in [4.78, 5) is 3.93. The van der Waals surface area contributed by atoms with Crippen molar-refractivity contribution in [2.45, 2.75) is 31.2 Å². The Balaban J connectivity index is 2.28. The van der Waals surface area contributed by atoms with Crippen molar-refractivity contribution in [3.63, 3.8) is 0 Å². The molecular formula is C12H19N3O2S. The average molecular weight is 269 g/mol. The molecule has 1 aliphatic rings. The Kier molecular flexibility index (Phi) is 3.87. The van der Waals surface area contributed by atoms with E-state index >= 15 is 0 Å². The van der Waals surface area contributed by atoms with Crippen LogP contribution in [0.3, 0.4) is 0 Å². The number of aromatic nitrogens is 1. The summed E-state index contributed by atoms with van der Waals surface area (Å²) in [5.74, 6) is 0.510. The summed E-state index contributed by atoms with van der Waals surface area (Å²) >= 11 is 0. The van der Waals surface area contributed by atoms with Crippen molar-refractivity contribution < 1.29 is 8.42 Å². The van der Waals surface area contributed by atoms with Gasteiger partial charge in [0.15, 0.2) is 5.03 Å². The first kappa shape index (κ1) is 13.3. The van der Waals surface area contributed by atoms with Gasteiger partial charge in [0.05, 0.1) is 5.69 Å². The fourth-order valence-corrected chi connectivity index (χ4v) is 3.52. The molecule has 0 saturated heterocycles. The van der Waals surface area contributed by atoms with Gasteiger partial charge in [-0.25, -0.2) is 13.4 Å². The highest BCUT2D eigenvalue weighted by molar-refractivity contribution is 7.89. The van der Waals surface area contributed by atoms with Gasteiger partial charge in [-0.2, -0.15) is 4.31 Å². The molecule has 1 saturated carbocycles. The third-order valence-corrected chi connectivity index (χ3v) is 4.86. The SMILES string of the molecule is CCCN(CC1CC1)S(=O)(=O)c1ncccc1N. The van der Waals surface area contributed by atoms with Crippen molar-refractivity contribution in [1.29, 1.82) is 0 Å². The lowest BCUT2D eigenvalue weighted by molar-refractivity contribution is 0.394. The number of nitrogen functional groups attached to an aromatic ring is 1. The van der Waals surface area contributed by atoms with Crippen LogP contribution in [0.4, 0.5) is 5.69 Å². The van der Waals surface area contributed by atoms with E-state index < -0.39 is 10.0 Å². The normalized spacial score (nSPS) is 16.1. The van der Waals surface area contributed by atoms with E-state index in [-0.39, 0.29) is 10.7 Å². The zero-order chi connectivity index (χ0) is 13.2. The highest BCUT2D eigenvalue weighted by atomic mass is 32.2. The predicted octanol–water partition coefficient (Wildman–Crippen LogP) is 1.47. The van der Waals surface area contributed by atoms with E-state index in [1.54, 1.807) is 12.1 Å². The number of hydrogen-bond acceptors (Lipinski definition) is 4. The third kappa shape index (κ3) is 2.81. The summed E-state index contributed by atoms with van der Waals surface area (Å²) in [6, 6.07) is 3.21. The van der Waals surface area contributed by atoms with Crippen LogP contribution in [0.15, 0.2) is 23.4 Å². The van der Waals surface area contributed by atoms with Crippen molar-refractivity contribution in [1.82, 2.24) is 9.29 Å². The molecule has 1 aromatic heterocycles. The lowest BCUT2D eigenvalue weighted by Crippen LogP contribution is -2.34.